The van der Waals surface area contributed by atoms with Gasteiger partial charge in [-0.05, 0) is 139 Å². The van der Waals surface area contributed by atoms with Crippen LogP contribution in [0, 0.1) is 277 Å². The van der Waals surface area contributed by atoms with Gasteiger partial charge in [-0.15, -0.1) is 230 Å². The molecule has 0 radical (unpaired) electrons. The van der Waals surface area contributed by atoms with Crippen molar-refractivity contribution in [2.24, 2.45) is 0 Å². The van der Waals surface area contributed by atoms with E-state index in [0.717, 1.165) is 0 Å². The Morgan fingerprint density at radius 3 is 0.639 bits per heavy atom. The van der Waals surface area contributed by atoms with E-state index >= 15 is 0 Å². The van der Waals surface area contributed by atoms with Gasteiger partial charge >= 0.3 is 53.1 Å². The Bertz CT molecular complexity index is 3480. The highest BCUT2D eigenvalue weighted by Gasteiger charge is 2.60. The molecular formula is C64H50Si8. The van der Waals surface area contributed by atoms with Crippen LogP contribution in [0.4, 0.5) is 0 Å². The van der Waals surface area contributed by atoms with E-state index in [-0.39, 0.29) is 6.04 Å². The van der Waals surface area contributed by atoms with Crippen molar-refractivity contribution in [2.75, 3.05) is 0 Å². The van der Waals surface area contributed by atoms with Crippen molar-refractivity contribution in [3.05, 3.63) is 0 Å². The lowest BCUT2D eigenvalue weighted by Gasteiger charge is -2.29. The highest BCUT2D eigenvalue weighted by molar-refractivity contribution is 7.63. The minimum absolute atomic E-state index is 0.144. The summed E-state index contributed by atoms with van der Waals surface area (Å²) < 4.78 is 0. The summed E-state index contributed by atoms with van der Waals surface area (Å²) in [6, 6.07) is 0.144. The minimum atomic E-state index is -4.18. The molecule has 0 rings (SSSR count). The van der Waals surface area contributed by atoms with Crippen LogP contribution in [0.15, 0.2) is 0 Å². The maximum Gasteiger partial charge on any atom is 0.318 e. The first kappa shape index (κ1) is 63.2. The van der Waals surface area contributed by atoms with Crippen molar-refractivity contribution in [3.63, 3.8) is 0 Å². The Hall–Kier alpha value is -8.82. The van der Waals surface area contributed by atoms with Gasteiger partial charge in [-0.2, -0.15) is 0 Å². The van der Waals surface area contributed by atoms with E-state index in [9.17, 15) is 0 Å². The molecule has 0 saturated carbocycles. The number of hydrogen-bond acceptors (Lipinski definition) is 0. The largest absolute Gasteiger partial charge is 0.318 e. The average molecular weight is 1040 g/mol. The fourth-order valence-corrected chi connectivity index (χ4v) is 46.5. The molecular weight excluding hydrogens is 993 g/mol. The van der Waals surface area contributed by atoms with Crippen LogP contribution in [0.1, 0.15) is 104 Å². The fraction of sp³-hybridized carbons (Fsp3) is 0.250. The Labute approximate surface area is 444 Å². The van der Waals surface area contributed by atoms with E-state index in [4.69, 9.17) is 19.3 Å². The molecule has 338 valence electrons. The van der Waals surface area contributed by atoms with Crippen molar-refractivity contribution in [1.29, 1.82) is 0 Å². The van der Waals surface area contributed by atoms with Gasteiger partial charge in [0.25, 0.3) is 7.59 Å². The van der Waals surface area contributed by atoms with Crippen LogP contribution in [-0.2, 0) is 0 Å². The van der Waals surface area contributed by atoms with Gasteiger partial charge in [0.1, 0.15) is 0 Å². The summed E-state index contributed by atoms with van der Waals surface area (Å²) in [6.45, 7) is 26.0. The summed E-state index contributed by atoms with van der Waals surface area (Å²) in [7, 11) is -29.5. The molecule has 0 aromatic carbocycles. The van der Waals surface area contributed by atoms with Crippen LogP contribution in [0.3, 0.4) is 0 Å². The third-order valence-corrected chi connectivity index (χ3v) is 52.1. The number of terminal acetylenes is 3. The predicted molar refractivity (Wildman–Crippen MR) is 326 cm³/mol. The monoisotopic (exact) mass is 1040 g/mol. The lowest BCUT2D eigenvalue weighted by atomic mass is 10.7. The summed E-state index contributed by atoms with van der Waals surface area (Å²) >= 11 is 0. The second-order valence-electron chi connectivity index (χ2n) is 13.9. The van der Waals surface area contributed by atoms with E-state index in [2.05, 4.69) is 258 Å². The number of hydrogen-bond donors (Lipinski definition) is 0. The Morgan fingerprint density at radius 1 is 0.208 bits per heavy atom. The first-order valence-corrected chi connectivity index (χ1v) is 42.0. The topological polar surface area (TPSA) is 0 Å². The van der Waals surface area contributed by atoms with Crippen LogP contribution in [0.25, 0.3) is 0 Å². The maximum atomic E-state index is 5.89. The van der Waals surface area contributed by atoms with Gasteiger partial charge in [-0.25, -0.2) is 0 Å². The molecule has 0 saturated heterocycles. The zero-order valence-corrected chi connectivity index (χ0v) is 51.9. The van der Waals surface area contributed by atoms with Gasteiger partial charge in [0, 0.05) is 6.04 Å². The first-order chi connectivity index (χ1) is 34.7. The van der Waals surface area contributed by atoms with Crippen molar-refractivity contribution in [2.45, 2.75) is 110 Å². The molecule has 0 heterocycles. The van der Waals surface area contributed by atoms with Crippen LogP contribution in [0.2, 0.25) is 6.04 Å². The second kappa shape index (κ2) is 32.1. The first-order valence-electron chi connectivity index (χ1n) is 21.8. The quantitative estimate of drug-likeness (QED) is 0.250. The molecule has 72 heavy (non-hydrogen) atoms. The molecule has 0 aliphatic carbocycles. The molecule has 0 fully saturated rings. The third kappa shape index (κ3) is 14.4. The molecule has 0 aromatic heterocycles. The zero-order chi connectivity index (χ0) is 54.5. The average Bonchev–Trinajstić information content (AvgIpc) is 3.35. The summed E-state index contributed by atoms with van der Waals surface area (Å²) in [5, 5.41) is 0. The zero-order valence-electron chi connectivity index (χ0n) is 43.9. The molecule has 8 heteroatoms. The van der Waals surface area contributed by atoms with E-state index in [1.165, 1.54) is 0 Å². The van der Waals surface area contributed by atoms with E-state index in [1.807, 2.05) is 0 Å². The maximum absolute atomic E-state index is 5.89. The van der Waals surface area contributed by atoms with Gasteiger partial charge in [-0.1, -0.05) is 11.1 Å². The molecule has 0 aromatic rings. The second-order valence-corrected chi connectivity index (χ2v) is 50.7. The van der Waals surface area contributed by atoms with Gasteiger partial charge in [0.2, 0.25) is 0 Å². The van der Waals surface area contributed by atoms with Gasteiger partial charge in [-0.3, -0.25) is 0 Å². The van der Waals surface area contributed by atoms with Gasteiger partial charge in [0.15, 0.2) is 0 Å². The normalized spacial score (nSPS) is 11.3. The summed E-state index contributed by atoms with van der Waals surface area (Å²) in [4.78, 5) is 0. The van der Waals surface area contributed by atoms with Crippen LogP contribution in [-0.4, -0.2) is 60.7 Å². The highest BCUT2D eigenvalue weighted by atomic mass is 29.3. The summed E-state index contributed by atoms with van der Waals surface area (Å²) in [5.74, 6) is 66.6. The predicted octanol–water partition coefficient (Wildman–Crippen LogP) is 5.56. The molecule has 0 amide bonds. The minimum Gasteiger partial charge on any atom is -0.114 e. The SMILES string of the molecule is C#CC#C[Si](C#CC)(C#C[Si](C#CC)(C#C[Si](C#CC)(C#CC#C)[Si](C#CC)(C#CC)C#CC)[Si](C#CC)(C#CC)C#CC[Si](C#CC)(C#CC#C)[Si](C#CC)(C#CC)C#CC)[Si](C#CC)(C#CC)C#CC. The van der Waals surface area contributed by atoms with E-state index in [1.54, 1.807) is 104 Å². The Morgan fingerprint density at radius 2 is 0.403 bits per heavy atom. The Balaban J connectivity index is 11.2. The summed E-state index contributed by atoms with van der Waals surface area (Å²) in [5.41, 5.74) is 80.6. The molecule has 0 spiro atoms. The summed E-state index contributed by atoms with van der Waals surface area (Å²) in [6.07, 6.45) is 17.6. The third-order valence-electron chi connectivity index (χ3n) is 9.54. The fourth-order valence-electron chi connectivity index (χ4n) is 7.03. The van der Waals surface area contributed by atoms with Crippen molar-refractivity contribution < 1.29 is 0 Å². The molecule has 3 atom stereocenters. The molecule has 0 N–H and O–H groups in total. The Kier molecular flexibility index (Phi) is 28.1. The van der Waals surface area contributed by atoms with Crippen molar-refractivity contribution in [3.8, 4) is 277 Å². The van der Waals surface area contributed by atoms with Crippen LogP contribution >= 0.6 is 0 Å². The molecule has 0 aliphatic rings. The van der Waals surface area contributed by atoms with Crippen LogP contribution < -0.4 is 0 Å². The van der Waals surface area contributed by atoms with E-state index < -0.39 is 60.7 Å². The van der Waals surface area contributed by atoms with Gasteiger partial charge in [0.05, 0.1) is 0 Å². The van der Waals surface area contributed by atoms with Crippen molar-refractivity contribution in [1.82, 2.24) is 0 Å². The molecule has 3 unspecified atom stereocenters. The van der Waals surface area contributed by atoms with E-state index in [0.29, 0.717) is 0 Å². The number of rotatable bonds is 5. The smallest absolute Gasteiger partial charge is 0.114 e. The molecule has 0 aliphatic heterocycles. The van der Waals surface area contributed by atoms with Crippen molar-refractivity contribution >= 4 is 60.7 Å². The molecule has 0 nitrogen and oxygen atoms in total. The van der Waals surface area contributed by atoms with Crippen LogP contribution in [0.5, 0.6) is 0 Å². The lowest BCUT2D eigenvalue weighted by Crippen LogP contribution is -2.64. The molecule has 0 bridgehead atoms. The highest BCUT2D eigenvalue weighted by Crippen LogP contribution is 2.25. The lowest BCUT2D eigenvalue weighted by molar-refractivity contribution is 1.76. The standard InChI is InChI=1S/C64H50Si8/c1-19-37-56-69(52-33-15,65(41-22-4,42-23-5)43-24-6)60-40-59-68(50-31-13,51-32-14)72(55-36-18,63-61-70(53-34-16,57-38-20-2)66(44-25-7,45-26-8)46-27-9)64-62-71(54-35-17,58-39-21-3)67(47-28-10,48-29-11)49-30-12/h1-3H,60H2,4-18H3. The van der Waals surface area contributed by atoms with Gasteiger partial charge < -0.3 is 0 Å².